The fourth-order valence-corrected chi connectivity index (χ4v) is 7.81. The SMILES string of the molecule is O=C(NCCc1ccc(Br)cc1)c1ccc2nc(-c3c(Cl)cccc3Cl)[nH]c2c1.O=C(NCCc1cccc(Cl)c1)c1ccc2nc(-c3c(Cl)cccc3Cl)[nH]c2c1. The number of H-pyrrole nitrogens is 2. The van der Waals surface area contributed by atoms with E-state index in [4.69, 9.17) is 58.0 Å². The Morgan fingerprint density at radius 1 is 0.534 bits per heavy atom. The van der Waals surface area contributed by atoms with Gasteiger partial charge >= 0.3 is 0 Å². The number of nitrogens with zero attached hydrogens (tertiary/aromatic N) is 2. The van der Waals surface area contributed by atoms with Crippen LogP contribution in [0.4, 0.5) is 0 Å². The molecule has 0 atom stereocenters. The highest BCUT2D eigenvalue weighted by molar-refractivity contribution is 9.10. The van der Waals surface area contributed by atoms with Gasteiger partial charge in [-0.3, -0.25) is 9.59 Å². The third kappa shape index (κ3) is 10.0. The molecule has 0 aliphatic heterocycles. The molecule has 0 aliphatic carbocycles. The number of amides is 2. The number of benzene rings is 6. The van der Waals surface area contributed by atoms with Crippen LogP contribution in [-0.2, 0) is 12.8 Å². The summed E-state index contributed by atoms with van der Waals surface area (Å²) in [6.07, 6.45) is 1.47. The molecule has 0 unspecified atom stereocenters. The van der Waals surface area contributed by atoms with Gasteiger partial charge in [-0.05, 0) is 109 Å². The zero-order chi connectivity index (χ0) is 40.8. The topological polar surface area (TPSA) is 116 Å². The molecule has 6 aromatic carbocycles. The summed E-state index contributed by atoms with van der Waals surface area (Å²) >= 11 is 34.5. The van der Waals surface area contributed by atoms with Crippen molar-refractivity contribution in [2.24, 2.45) is 0 Å². The normalized spacial score (nSPS) is 11.0. The van der Waals surface area contributed by atoms with Gasteiger partial charge in [0.1, 0.15) is 11.6 Å². The van der Waals surface area contributed by atoms with Crippen LogP contribution in [0.5, 0.6) is 0 Å². The smallest absolute Gasteiger partial charge is 0.251 e. The van der Waals surface area contributed by atoms with Crippen LogP contribution in [0, 0.1) is 0 Å². The minimum Gasteiger partial charge on any atom is -0.352 e. The first-order valence-corrected chi connectivity index (χ1v) is 20.6. The van der Waals surface area contributed by atoms with Gasteiger partial charge in [0, 0.05) is 33.7 Å². The van der Waals surface area contributed by atoms with Gasteiger partial charge in [0.15, 0.2) is 0 Å². The number of hydrogen-bond donors (Lipinski definition) is 4. The number of nitrogens with one attached hydrogen (secondary N) is 4. The van der Waals surface area contributed by atoms with Crippen molar-refractivity contribution >= 4 is 108 Å². The van der Waals surface area contributed by atoms with Crippen LogP contribution in [0.15, 0.2) is 126 Å². The number of halogens is 6. The van der Waals surface area contributed by atoms with Crippen LogP contribution < -0.4 is 10.6 Å². The first-order valence-electron chi connectivity index (χ1n) is 18.0. The third-order valence-corrected chi connectivity index (χ3v) is 11.1. The molecule has 14 heteroatoms. The van der Waals surface area contributed by atoms with Crippen molar-refractivity contribution in [1.29, 1.82) is 0 Å². The molecule has 4 N–H and O–H groups in total. The molecule has 292 valence electrons. The van der Waals surface area contributed by atoms with E-state index in [0.29, 0.717) is 78.5 Å². The first kappa shape index (κ1) is 41.3. The predicted molar refractivity (Wildman–Crippen MR) is 241 cm³/mol. The molecule has 8 aromatic rings. The highest BCUT2D eigenvalue weighted by atomic mass is 79.9. The van der Waals surface area contributed by atoms with Gasteiger partial charge in [-0.2, -0.15) is 0 Å². The molecule has 8 nitrogen and oxygen atoms in total. The van der Waals surface area contributed by atoms with Gasteiger partial charge in [0.2, 0.25) is 0 Å². The molecule has 0 saturated heterocycles. The number of hydrogen-bond acceptors (Lipinski definition) is 4. The molecule has 0 radical (unpaired) electrons. The molecule has 58 heavy (non-hydrogen) atoms. The largest absolute Gasteiger partial charge is 0.352 e. The quantitative estimate of drug-likeness (QED) is 0.109. The number of aromatic amines is 2. The molecule has 8 rings (SSSR count). The minimum atomic E-state index is -0.152. The first-order chi connectivity index (χ1) is 28.0. The average molecular weight is 934 g/mol. The van der Waals surface area contributed by atoms with E-state index in [1.807, 2.05) is 54.6 Å². The van der Waals surface area contributed by atoms with E-state index in [1.165, 1.54) is 5.56 Å². The lowest BCUT2D eigenvalue weighted by molar-refractivity contribution is 0.0946. The van der Waals surface area contributed by atoms with E-state index in [2.05, 4.69) is 46.5 Å². The Balaban J connectivity index is 0.000000177. The maximum absolute atomic E-state index is 12.5. The molecule has 0 aliphatic rings. The second-order valence-corrected chi connectivity index (χ2v) is 16.1. The van der Waals surface area contributed by atoms with Crippen molar-refractivity contribution in [3.63, 3.8) is 0 Å². The van der Waals surface area contributed by atoms with E-state index >= 15 is 0 Å². The number of rotatable bonds is 10. The Morgan fingerprint density at radius 2 is 0.983 bits per heavy atom. The Bertz CT molecular complexity index is 2730. The van der Waals surface area contributed by atoms with Crippen molar-refractivity contribution in [1.82, 2.24) is 30.6 Å². The Hall–Kier alpha value is -4.87. The number of carbonyl (C=O) groups excluding carboxylic acids is 2. The van der Waals surface area contributed by atoms with Crippen LogP contribution in [0.2, 0.25) is 25.1 Å². The van der Waals surface area contributed by atoms with Gasteiger partial charge in [0.05, 0.1) is 53.3 Å². The minimum absolute atomic E-state index is 0.129. The molecule has 2 aromatic heterocycles. The van der Waals surface area contributed by atoms with Gasteiger partial charge in [0.25, 0.3) is 11.8 Å². The Morgan fingerprint density at radius 3 is 1.45 bits per heavy atom. The molecule has 2 amide bonds. The van der Waals surface area contributed by atoms with E-state index in [1.54, 1.807) is 66.7 Å². The number of imidazole rings is 2. The number of aromatic nitrogens is 4. The van der Waals surface area contributed by atoms with Crippen LogP contribution in [-0.4, -0.2) is 44.8 Å². The summed E-state index contributed by atoms with van der Waals surface area (Å²) in [7, 11) is 0. The molecule has 0 spiro atoms. The fraction of sp³-hybridized carbons (Fsp3) is 0.0909. The van der Waals surface area contributed by atoms with E-state index in [9.17, 15) is 9.59 Å². The second-order valence-electron chi connectivity index (χ2n) is 13.1. The van der Waals surface area contributed by atoms with Crippen LogP contribution >= 0.6 is 73.9 Å². The van der Waals surface area contributed by atoms with Crippen molar-refractivity contribution in [3.05, 3.63) is 173 Å². The van der Waals surface area contributed by atoms with Crippen molar-refractivity contribution < 1.29 is 9.59 Å². The summed E-state index contributed by atoms with van der Waals surface area (Å²) in [5.74, 6) is 0.856. The summed E-state index contributed by atoms with van der Waals surface area (Å²) in [5, 5.41) is 8.63. The highest BCUT2D eigenvalue weighted by Crippen LogP contribution is 2.35. The Labute approximate surface area is 367 Å². The third-order valence-electron chi connectivity index (χ3n) is 9.09. The van der Waals surface area contributed by atoms with Crippen LogP contribution in [0.1, 0.15) is 31.8 Å². The lowest BCUT2D eigenvalue weighted by Gasteiger charge is -2.06. The highest BCUT2D eigenvalue weighted by Gasteiger charge is 2.16. The van der Waals surface area contributed by atoms with Crippen LogP contribution in [0.3, 0.4) is 0 Å². The van der Waals surface area contributed by atoms with E-state index < -0.39 is 0 Å². The molecule has 0 fully saturated rings. The fourth-order valence-electron chi connectivity index (χ4n) is 6.18. The van der Waals surface area contributed by atoms with Crippen LogP contribution in [0.25, 0.3) is 44.8 Å². The van der Waals surface area contributed by atoms with Crippen molar-refractivity contribution in [3.8, 4) is 22.8 Å². The molecular weight excluding hydrogens is 902 g/mol. The van der Waals surface area contributed by atoms with E-state index in [-0.39, 0.29) is 11.8 Å². The van der Waals surface area contributed by atoms with Gasteiger partial charge in [-0.25, -0.2) is 9.97 Å². The van der Waals surface area contributed by atoms with Gasteiger partial charge in [-0.1, -0.05) is 110 Å². The van der Waals surface area contributed by atoms with Crippen molar-refractivity contribution in [2.75, 3.05) is 13.1 Å². The zero-order valence-corrected chi connectivity index (χ0v) is 35.7. The Kier molecular flexibility index (Phi) is 13.4. The molecule has 2 heterocycles. The summed E-state index contributed by atoms with van der Waals surface area (Å²) in [6, 6.07) is 36.9. The van der Waals surface area contributed by atoms with E-state index in [0.717, 1.165) is 38.5 Å². The summed E-state index contributed by atoms with van der Waals surface area (Å²) in [4.78, 5) is 40.6. The molecular formula is C44H32BrCl5N6O2. The number of carbonyl (C=O) groups is 2. The van der Waals surface area contributed by atoms with Gasteiger partial charge in [-0.15, -0.1) is 0 Å². The van der Waals surface area contributed by atoms with Gasteiger partial charge < -0.3 is 20.6 Å². The summed E-state index contributed by atoms with van der Waals surface area (Å²) in [6.45, 7) is 1.07. The standard InChI is InChI=1S/C22H16BrCl2N3O.C22H16Cl3N3O/c23-15-7-4-13(5-8-15)10-11-26-22(29)14-6-9-18-19(12-14)28-21(27-18)20-16(24)2-1-3-17(20)25;23-15-4-1-3-13(11-15)9-10-26-22(29)14-7-8-18-19(12-14)28-21(27-18)20-16(24)5-2-6-17(20)25/h1-9,12H,10-11H2,(H,26,29)(H,27,28);1-8,11-12H,9-10H2,(H,26,29)(H,27,28). The number of fused-ring (bicyclic) bond motifs is 2. The maximum Gasteiger partial charge on any atom is 0.251 e. The molecule has 0 bridgehead atoms. The monoisotopic (exact) mass is 930 g/mol. The van der Waals surface area contributed by atoms with Crippen molar-refractivity contribution in [2.45, 2.75) is 12.8 Å². The zero-order valence-electron chi connectivity index (χ0n) is 30.4. The molecule has 0 saturated carbocycles. The lowest BCUT2D eigenvalue weighted by atomic mass is 10.1. The summed E-state index contributed by atoms with van der Waals surface area (Å²) in [5.41, 5.74) is 7.58. The predicted octanol–water partition coefficient (Wildman–Crippen LogP) is 12.4. The summed E-state index contributed by atoms with van der Waals surface area (Å²) < 4.78 is 1.04. The maximum atomic E-state index is 12.5. The lowest BCUT2D eigenvalue weighted by Crippen LogP contribution is -2.25. The average Bonchev–Trinajstić information content (AvgIpc) is 3.82. The second kappa shape index (κ2) is 18.8.